The van der Waals surface area contributed by atoms with Crippen LogP contribution in [-0.2, 0) is 4.79 Å². The Morgan fingerprint density at radius 2 is 1.39 bits per heavy atom. The van der Waals surface area contributed by atoms with Crippen LogP contribution in [0.2, 0.25) is 0 Å². The third-order valence-corrected chi connectivity index (χ3v) is 6.88. The molecule has 3 amide bonds. The molecule has 2 heterocycles. The molecule has 6 nitrogen and oxygen atoms in total. The second kappa shape index (κ2) is 10.2. The first-order chi connectivity index (χ1) is 15.9. The van der Waals surface area contributed by atoms with E-state index in [0.717, 1.165) is 24.0 Å². The van der Waals surface area contributed by atoms with Crippen molar-refractivity contribution >= 4 is 17.7 Å². The summed E-state index contributed by atoms with van der Waals surface area (Å²) in [6.07, 6.45) is 3.05. The van der Waals surface area contributed by atoms with Crippen molar-refractivity contribution in [2.75, 3.05) is 40.3 Å². The van der Waals surface area contributed by atoms with Crippen molar-refractivity contribution in [1.29, 1.82) is 0 Å². The lowest BCUT2D eigenvalue weighted by atomic mass is 9.88. The molecule has 2 saturated heterocycles. The van der Waals surface area contributed by atoms with E-state index < -0.39 is 0 Å². The fraction of sp³-hybridized carbons (Fsp3) is 0.444. The largest absolute Gasteiger partial charge is 0.342 e. The minimum Gasteiger partial charge on any atom is -0.342 e. The van der Waals surface area contributed by atoms with Gasteiger partial charge in [-0.2, -0.15) is 0 Å². The molecule has 1 atom stereocenters. The first-order valence-electron chi connectivity index (χ1n) is 11.9. The van der Waals surface area contributed by atoms with E-state index in [-0.39, 0.29) is 29.6 Å². The van der Waals surface area contributed by atoms with Crippen molar-refractivity contribution in [2.24, 2.45) is 11.8 Å². The molecule has 174 valence electrons. The molecule has 0 aliphatic carbocycles. The predicted molar refractivity (Wildman–Crippen MR) is 129 cm³/mol. The van der Waals surface area contributed by atoms with E-state index in [2.05, 4.69) is 12.1 Å². The first-order valence-corrected chi connectivity index (χ1v) is 11.9. The van der Waals surface area contributed by atoms with Crippen molar-refractivity contribution in [1.82, 2.24) is 14.7 Å². The molecule has 6 heteroatoms. The Labute approximate surface area is 196 Å². The molecule has 0 N–H and O–H groups in total. The summed E-state index contributed by atoms with van der Waals surface area (Å²) >= 11 is 0. The molecule has 2 fully saturated rings. The summed E-state index contributed by atoms with van der Waals surface area (Å²) in [4.78, 5) is 43.8. The molecule has 2 aromatic rings. The van der Waals surface area contributed by atoms with Gasteiger partial charge in [0.05, 0.1) is 0 Å². The van der Waals surface area contributed by atoms with E-state index in [1.807, 2.05) is 52.3 Å². The van der Waals surface area contributed by atoms with Gasteiger partial charge in [-0.25, -0.2) is 4.79 Å². The third-order valence-electron chi connectivity index (χ3n) is 6.88. The maximum Gasteiger partial charge on any atom is 0.319 e. The highest BCUT2D eigenvalue weighted by Crippen LogP contribution is 2.27. The van der Waals surface area contributed by atoms with Gasteiger partial charge in [-0.05, 0) is 36.8 Å². The Balaban J connectivity index is 1.35. The number of urea groups is 1. The quantitative estimate of drug-likeness (QED) is 0.661. The second-order valence-corrected chi connectivity index (χ2v) is 9.37. The SMILES string of the molecule is CN(C)C(=O)N1CCC(C(=O)N2CCC[C@@H](C(=O)c3ccc(-c4ccccc4)cc3)C2)CC1. The third kappa shape index (κ3) is 5.27. The second-order valence-electron chi connectivity index (χ2n) is 9.37. The molecule has 2 aliphatic rings. The molecule has 0 bridgehead atoms. The van der Waals surface area contributed by atoms with Gasteiger partial charge in [-0.15, -0.1) is 0 Å². The van der Waals surface area contributed by atoms with E-state index in [9.17, 15) is 14.4 Å². The summed E-state index contributed by atoms with van der Waals surface area (Å²) in [5.41, 5.74) is 2.93. The number of likely N-dealkylation sites (tertiary alicyclic amines) is 2. The van der Waals surface area contributed by atoms with Crippen LogP contribution in [0.5, 0.6) is 0 Å². The van der Waals surface area contributed by atoms with Crippen LogP contribution in [0.3, 0.4) is 0 Å². The van der Waals surface area contributed by atoms with E-state index in [4.69, 9.17) is 0 Å². The highest BCUT2D eigenvalue weighted by Gasteiger charge is 2.34. The molecular formula is C27H33N3O3. The van der Waals surface area contributed by atoms with Crippen LogP contribution in [0.25, 0.3) is 11.1 Å². The molecule has 0 unspecified atom stereocenters. The number of ketones is 1. The van der Waals surface area contributed by atoms with Gasteiger partial charge < -0.3 is 14.7 Å². The average Bonchev–Trinajstić information content (AvgIpc) is 2.88. The van der Waals surface area contributed by atoms with Gasteiger partial charge in [0.25, 0.3) is 0 Å². The lowest BCUT2D eigenvalue weighted by Gasteiger charge is -2.38. The minimum atomic E-state index is -0.152. The maximum absolute atomic E-state index is 13.2. The Hall–Kier alpha value is -3.15. The number of nitrogens with zero attached hydrogens (tertiary/aromatic N) is 3. The normalized spacial score (nSPS) is 19.3. The maximum atomic E-state index is 13.2. The smallest absolute Gasteiger partial charge is 0.319 e. The van der Waals surface area contributed by atoms with Crippen molar-refractivity contribution in [3.63, 3.8) is 0 Å². The highest BCUT2D eigenvalue weighted by molar-refractivity contribution is 5.98. The van der Waals surface area contributed by atoms with Crippen molar-refractivity contribution in [3.05, 3.63) is 60.2 Å². The number of carbonyl (C=O) groups excluding carboxylic acids is 3. The van der Waals surface area contributed by atoms with Crippen LogP contribution in [0.4, 0.5) is 4.79 Å². The summed E-state index contributed by atoms with van der Waals surface area (Å²) in [7, 11) is 3.50. The van der Waals surface area contributed by atoms with Gasteiger partial charge >= 0.3 is 6.03 Å². The zero-order chi connectivity index (χ0) is 23.4. The van der Waals surface area contributed by atoms with Crippen molar-refractivity contribution in [2.45, 2.75) is 25.7 Å². The Bertz CT molecular complexity index is 979. The first kappa shape index (κ1) is 23.0. The highest BCUT2D eigenvalue weighted by atomic mass is 16.2. The Morgan fingerprint density at radius 3 is 2.03 bits per heavy atom. The number of Topliss-reactive ketones (excluding diaryl/α,β-unsaturated/α-hetero) is 1. The summed E-state index contributed by atoms with van der Waals surface area (Å²) < 4.78 is 0. The van der Waals surface area contributed by atoms with Crippen LogP contribution >= 0.6 is 0 Å². The van der Waals surface area contributed by atoms with E-state index in [1.54, 1.807) is 19.0 Å². The van der Waals surface area contributed by atoms with Gasteiger partial charge in [-0.1, -0.05) is 54.6 Å². The number of hydrogen-bond acceptors (Lipinski definition) is 3. The molecule has 0 aromatic heterocycles. The standard InChI is InChI=1S/C27H33N3O3/c1-28(2)27(33)29-17-14-23(15-18-29)26(32)30-16-6-9-24(19-30)25(31)22-12-10-21(11-13-22)20-7-4-3-5-8-20/h3-5,7-8,10-13,23-24H,6,9,14-19H2,1-2H3/t24-/m1/s1. The van der Waals surface area contributed by atoms with Crippen LogP contribution in [-0.4, -0.2) is 72.7 Å². The molecule has 0 spiro atoms. The van der Waals surface area contributed by atoms with Crippen LogP contribution < -0.4 is 0 Å². The summed E-state index contributed by atoms with van der Waals surface area (Å²) in [6.45, 7) is 2.43. The van der Waals surface area contributed by atoms with E-state index in [0.29, 0.717) is 44.6 Å². The number of rotatable bonds is 4. The summed E-state index contributed by atoms with van der Waals surface area (Å²) in [5.74, 6) is 0.0540. The molecule has 4 rings (SSSR count). The molecule has 0 radical (unpaired) electrons. The molecule has 0 saturated carbocycles. The van der Waals surface area contributed by atoms with Gasteiger partial charge in [0, 0.05) is 57.7 Å². The van der Waals surface area contributed by atoms with E-state index in [1.165, 1.54) is 0 Å². The van der Waals surface area contributed by atoms with Crippen LogP contribution in [0.1, 0.15) is 36.0 Å². The number of carbonyl (C=O) groups is 3. The van der Waals surface area contributed by atoms with Gasteiger partial charge in [0.1, 0.15) is 0 Å². The van der Waals surface area contributed by atoms with Crippen LogP contribution in [0.15, 0.2) is 54.6 Å². The van der Waals surface area contributed by atoms with Gasteiger partial charge in [0.15, 0.2) is 5.78 Å². The van der Waals surface area contributed by atoms with E-state index >= 15 is 0 Å². The lowest BCUT2D eigenvalue weighted by Crippen LogP contribution is -2.49. The summed E-state index contributed by atoms with van der Waals surface area (Å²) in [6, 6.07) is 17.9. The number of hydrogen-bond donors (Lipinski definition) is 0. The topological polar surface area (TPSA) is 60.9 Å². The van der Waals surface area contributed by atoms with Gasteiger partial charge in [0.2, 0.25) is 5.91 Å². The summed E-state index contributed by atoms with van der Waals surface area (Å²) in [5, 5.41) is 0. The predicted octanol–water partition coefficient (Wildman–Crippen LogP) is 4.17. The Kier molecular flexibility index (Phi) is 7.11. The molecule has 2 aromatic carbocycles. The molecule has 2 aliphatic heterocycles. The number of benzene rings is 2. The zero-order valence-electron chi connectivity index (χ0n) is 19.6. The van der Waals surface area contributed by atoms with Crippen molar-refractivity contribution in [3.8, 4) is 11.1 Å². The number of piperidine rings is 2. The van der Waals surface area contributed by atoms with Crippen LogP contribution in [0, 0.1) is 11.8 Å². The Morgan fingerprint density at radius 1 is 0.758 bits per heavy atom. The minimum absolute atomic E-state index is 0.00261. The van der Waals surface area contributed by atoms with Gasteiger partial charge in [-0.3, -0.25) is 9.59 Å². The molecule has 33 heavy (non-hydrogen) atoms. The zero-order valence-corrected chi connectivity index (χ0v) is 19.6. The molecular weight excluding hydrogens is 414 g/mol. The monoisotopic (exact) mass is 447 g/mol. The van der Waals surface area contributed by atoms with Crippen molar-refractivity contribution < 1.29 is 14.4 Å². The fourth-order valence-electron chi connectivity index (χ4n) is 4.94. The number of amides is 3. The lowest BCUT2D eigenvalue weighted by molar-refractivity contribution is -0.138. The average molecular weight is 448 g/mol. The fourth-order valence-corrected chi connectivity index (χ4v) is 4.94.